The highest BCUT2D eigenvalue weighted by Crippen LogP contribution is 2.15. The first-order valence-electron chi connectivity index (χ1n) is 5.17. The lowest BCUT2D eigenvalue weighted by atomic mass is 10.1. The molecule has 17 heavy (non-hydrogen) atoms. The smallest absolute Gasteiger partial charge is 0.254 e. The lowest BCUT2D eigenvalue weighted by Crippen LogP contribution is -2.23. The minimum Gasteiger partial charge on any atom is -0.550 e. The summed E-state index contributed by atoms with van der Waals surface area (Å²) in [5.74, 6) is -0.506. The highest BCUT2D eigenvalue weighted by molar-refractivity contribution is 5.64. The second-order valence-corrected chi connectivity index (χ2v) is 3.81. The number of carboxylic acid groups (broad SMARTS) is 1. The minimum absolute atomic E-state index is 0.0426. The minimum atomic E-state index is -1.08. The van der Waals surface area contributed by atoms with E-state index in [-0.39, 0.29) is 12.4 Å². The van der Waals surface area contributed by atoms with Crippen molar-refractivity contribution < 1.29 is 9.90 Å². The Labute approximate surface area is 97.3 Å². The van der Waals surface area contributed by atoms with Crippen LogP contribution in [0, 0.1) is 13.8 Å². The van der Waals surface area contributed by atoms with E-state index in [4.69, 9.17) is 5.73 Å². The number of aryl methyl sites for hydroxylation is 2. The Hall–Kier alpha value is -2.18. The van der Waals surface area contributed by atoms with Gasteiger partial charge in [-0.05, 0) is 32.3 Å². The van der Waals surface area contributed by atoms with E-state index in [0.29, 0.717) is 12.2 Å². The second-order valence-electron chi connectivity index (χ2n) is 3.81. The van der Waals surface area contributed by atoms with Crippen molar-refractivity contribution in [3.63, 3.8) is 0 Å². The molecule has 7 nitrogen and oxygen atoms in total. The highest BCUT2D eigenvalue weighted by Gasteiger charge is 2.11. The number of aliphatic carboxylic acids is 1. The van der Waals surface area contributed by atoms with Gasteiger partial charge in [0.2, 0.25) is 5.95 Å². The predicted octanol–water partition coefficient (Wildman–Crippen LogP) is -0.994. The fourth-order valence-corrected chi connectivity index (χ4v) is 1.81. The monoisotopic (exact) mass is 234 g/mol. The van der Waals surface area contributed by atoms with Gasteiger partial charge in [-0.25, -0.2) is 4.98 Å². The number of carbonyl (C=O) groups is 1. The van der Waals surface area contributed by atoms with Crippen molar-refractivity contribution >= 4 is 17.7 Å². The molecule has 0 saturated heterocycles. The number of nitrogens with zero attached hydrogens (tertiary/aromatic N) is 4. The second kappa shape index (κ2) is 4.00. The molecule has 0 atom stereocenters. The molecule has 0 aromatic carbocycles. The maximum atomic E-state index is 10.5. The van der Waals surface area contributed by atoms with Crippen LogP contribution < -0.4 is 10.8 Å². The van der Waals surface area contributed by atoms with Crippen molar-refractivity contribution in [2.45, 2.75) is 26.7 Å². The fraction of sp³-hybridized carbons (Fsp3) is 0.400. The van der Waals surface area contributed by atoms with Gasteiger partial charge in [0.05, 0.1) is 0 Å². The Kier molecular flexibility index (Phi) is 2.66. The summed E-state index contributed by atoms with van der Waals surface area (Å²) in [4.78, 5) is 18.7. The van der Waals surface area contributed by atoms with Crippen molar-refractivity contribution in [2.75, 3.05) is 5.73 Å². The zero-order valence-corrected chi connectivity index (χ0v) is 9.60. The molecule has 7 heteroatoms. The number of anilines is 1. The first-order chi connectivity index (χ1) is 7.99. The molecule has 0 aliphatic rings. The van der Waals surface area contributed by atoms with Crippen molar-refractivity contribution in [3.8, 4) is 0 Å². The first kappa shape index (κ1) is 11.3. The molecule has 2 N–H and O–H groups in total. The summed E-state index contributed by atoms with van der Waals surface area (Å²) in [5.41, 5.74) is 7.88. The summed E-state index contributed by atoms with van der Waals surface area (Å²) in [6.07, 6.45) is 0.321. The van der Waals surface area contributed by atoms with Gasteiger partial charge in [-0.1, -0.05) is 0 Å². The van der Waals surface area contributed by atoms with Crippen LogP contribution in [0.25, 0.3) is 5.78 Å². The maximum Gasteiger partial charge on any atom is 0.254 e. The SMILES string of the molecule is Cc1nc2nc(N)nn2c(C)c1CCC(=O)[O-]. The molecule has 0 fully saturated rings. The van der Waals surface area contributed by atoms with Crippen LogP contribution in [0.15, 0.2) is 0 Å². The van der Waals surface area contributed by atoms with E-state index in [9.17, 15) is 9.90 Å². The van der Waals surface area contributed by atoms with Gasteiger partial charge in [-0.3, -0.25) is 0 Å². The third kappa shape index (κ3) is 2.03. The number of fused-ring (bicyclic) bond motifs is 1. The molecule has 0 aliphatic heterocycles. The van der Waals surface area contributed by atoms with E-state index >= 15 is 0 Å². The molecule has 2 aromatic rings. The average Bonchev–Trinajstić information content (AvgIpc) is 2.58. The van der Waals surface area contributed by atoms with Gasteiger partial charge >= 0.3 is 0 Å². The number of nitrogen functional groups attached to an aromatic ring is 1. The Morgan fingerprint density at radius 3 is 2.76 bits per heavy atom. The van der Waals surface area contributed by atoms with Crippen molar-refractivity contribution in [2.24, 2.45) is 0 Å². The number of carboxylic acids is 1. The molecule has 0 amide bonds. The molecule has 0 radical (unpaired) electrons. The van der Waals surface area contributed by atoms with E-state index < -0.39 is 5.97 Å². The normalized spacial score (nSPS) is 10.9. The molecule has 2 heterocycles. The summed E-state index contributed by atoms with van der Waals surface area (Å²) < 4.78 is 1.52. The average molecular weight is 234 g/mol. The van der Waals surface area contributed by atoms with E-state index in [1.54, 1.807) is 0 Å². The number of nitrogens with two attached hydrogens (primary N) is 1. The van der Waals surface area contributed by atoms with Crippen LogP contribution in [-0.2, 0) is 11.2 Å². The van der Waals surface area contributed by atoms with Crippen molar-refractivity contribution in [1.82, 2.24) is 19.6 Å². The number of rotatable bonds is 3. The highest BCUT2D eigenvalue weighted by atomic mass is 16.4. The van der Waals surface area contributed by atoms with Gasteiger partial charge < -0.3 is 15.6 Å². The largest absolute Gasteiger partial charge is 0.550 e. The van der Waals surface area contributed by atoms with Crippen LogP contribution >= 0.6 is 0 Å². The predicted molar refractivity (Wildman–Crippen MR) is 58.0 cm³/mol. The van der Waals surface area contributed by atoms with Crippen molar-refractivity contribution in [3.05, 3.63) is 17.0 Å². The third-order valence-corrected chi connectivity index (χ3v) is 2.64. The first-order valence-corrected chi connectivity index (χ1v) is 5.17. The van der Waals surface area contributed by atoms with E-state index in [1.807, 2.05) is 13.8 Å². The topological polar surface area (TPSA) is 109 Å². The van der Waals surface area contributed by atoms with Crippen LogP contribution in [0.3, 0.4) is 0 Å². The van der Waals surface area contributed by atoms with Gasteiger partial charge in [-0.15, -0.1) is 5.10 Å². The van der Waals surface area contributed by atoms with Gasteiger partial charge in [0.1, 0.15) is 0 Å². The summed E-state index contributed by atoms with van der Waals surface area (Å²) >= 11 is 0. The van der Waals surface area contributed by atoms with E-state index in [1.165, 1.54) is 4.52 Å². The molecular formula is C10H12N5O2-. The number of carbonyl (C=O) groups excluding carboxylic acids is 1. The van der Waals surface area contributed by atoms with Crippen LogP contribution in [-0.4, -0.2) is 25.6 Å². The zero-order chi connectivity index (χ0) is 12.6. The fourth-order valence-electron chi connectivity index (χ4n) is 1.81. The number of hydrogen-bond donors (Lipinski definition) is 1. The standard InChI is InChI=1S/C10H13N5O2/c1-5-7(3-4-8(16)17)6(2)15-10(12-5)13-9(11)14-15/h3-4H2,1-2H3,(H2,11,14)(H,16,17)/p-1. The van der Waals surface area contributed by atoms with Crippen LogP contribution in [0.1, 0.15) is 23.4 Å². The Bertz CT molecular complexity index is 590. The summed E-state index contributed by atoms with van der Waals surface area (Å²) in [6, 6.07) is 0. The Morgan fingerprint density at radius 1 is 1.41 bits per heavy atom. The quantitative estimate of drug-likeness (QED) is 0.730. The third-order valence-electron chi connectivity index (χ3n) is 2.64. The summed E-state index contributed by atoms with van der Waals surface area (Å²) in [6.45, 7) is 3.64. The lowest BCUT2D eigenvalue weighted by Gasteiger charge is -2.10. The number of aromatic nitrogens is 4. The van der Waals surface area contributed by atoms with Crippen molar-refractivity contribution in [1.29, 1.82) is 0 Å². The molecule has 0 bridgehead atoms. The van der Waals surface area contributed by atoms with Gasteiger partial charge in [-0.2, -0.15) is 9.50 Å². The van der Waals surface area contributed by atoms with Crippen LogP contribution in [0.5, 0.6) is 0 Å². The van der Waals surface area contributed by atoms with Crippen LogP contribution in [0.4, 0.5) is 5.95 Å². The Morgan fingerprint density at radius 2 is 2.12 bits per heavy atom. The van der Waals surface area contributed by atoms with E-state index in [0.717, 1.165) is 17.0 Å². The number of hydrogen-bond acceptors (Lipinski definition) is 6. The molecular weight excluding hydrogens is 222 g/mol. The zero-order valence-electron chi connectivity index (χ0n) is 9.60. The molecule has 0 saturated carbocycles. The molecule has 0 aliphatic carbocycles. The van der Waals surface area contributed by atoms with Gasteiger partial charge in [0.25, 0.3) is 5.78 Å². The summed E-state index contributed by atoms with van der Waals surface area (Å²) in [7, 11) is 0. The maximum absolute atomic E-state index is 10.5. The molecule has 2 rings (SSSR count). The molecule has 0 unspecified atom stereocenters. The van der Waals surface area contributed by atoms with Gasteiger partial charge in [0.15, 0.2) is 0 Å². The van der Waals surface area contributed by atoms with Gasteiger partial charge in [0, 0.05) is 17.4 Å². The van der Waals surface area contributed by atoms with E-state index in [2.05, 4.69) is 15.1 Å². The lowest BCUT2D eigenvalue weighted by molar-refractivity contribution is -0.305. The van der Waals surface area contributed by atoms with Crippen LogP contribution in [0.2, 0.25) is 0 Å². The molecule has 2 aromatic heterocycles. The molecule has 90 valence electrons. The Balaban J connectivity index is 2.51. The summed E-state index contributed by atoms with van der Waals surface area (Å²) in [5, 5.41) is 14.5. The molecule has 0 spiro atoms.